The lowest BCUT2D eigenvalue weighted by atomic mass is 10.1. The van der Waals surface area contributed by atoms with Gasteiger partial charge >= 0.3 is 0 Å². The Kier molecular flexibility index (Phi) is 6.55. The number of hydrogen-bond donors (Lipinski definition) is 1. The number of amides is 1. The van der Waals surface area contributed by atoms with Crippen molar-refractivity contribution >= 4 is 17.2 Å². The number of aryl methyl sites for hydroxylation is 1. The molecule has 0 saturated carbocycles. The summed E-state index contributed by atoms with van der Waals surface area (Å²) >= 11 is 1.59. The van der Waals surface area contributed by atoms with Crippen LogP contribution in [0.3, 0.4) is 0 Å². The molecule has 25 heavy (non-hydrogen) atoms. The van der Waals surface area contributed by atoms with E-state index < -0.39 is 0 Å². The average Bonchev–Trinajstić information content (AvgIpc) is 3.32. The van der Waals surface area contributed by atoms with Crippen LogP contribution in [0, 0.1) is 0 Å². The normalized spacial score (nSPS) is 15.6. The van der Waals surface area contributed by atoms with Crippen molar-refractivity contribution in [2.75, 3.05) is 26.2 Å². The summed E-state index contributed by atoms with van der Waals surface area (Å²) in [5, 5.41) is 7.91. The number of hydrogen-bond acceptors (Lipinski definition) is 7. The van der Waals surface area contributed by atoms with E-state index >= 15 is 0 Å². The molecule has 0 unspecified atom stereocenters. The smallest absolute Gasteiger partial charge is 0.227 e. The lowest BCUT2D eigenvalue weighted by Gasteiger charge is -2.32. The van der Waals surface area contributed by atoms with E-state index in [0.29, 0.717) is 37.7 Å². The van der Waals surface area contributed by atoms with Crippen molar-refractivity contribution in [2.24, 2.45) is 5.73 Å². The van der Waals surface area contributed by atoms with Crippen LogP contribution in [-0.2, 0) is 16.0 Å². The Morgan fingerprint density at radius 2 is 2.28 bits per heavy atom. The molecule has 0 atom stereocenters. The third-order valence-corrected chi connectivity index (χ3v) is 4.98. The number of thiophene rings is 1. The van der Waals surface area contributed by atoms with E-state index in [9.17, 15) is 4.79 Å². The molecular weight excluding hydrogens is 340 g/mol. The number of rotatable bonds is 8. The molecule has 0 aliphatic carbocycles. The molecule has 1 fully saturated rings. The minimum atomic E-state index is 0.135. The molecule has 1 saturated heterocycles. The lowest BCUT2D eigenvalue weighted by molar-refractivity contribution is -0.133. The first-order valence-electron chi connectivity index (χ1n) is 8.71. The molecule has 1 amide bonds. The van der Waals surface area contributed by atoms with Gasteiger partial charge in [-0.1, -0.05) is 5.16 Å². The van der Waals surface area contributed by atoms with Crippen molar-refractivity contribution in [1.29, 1.82) is 0 Å². The summed E-state index contributed by atoms with van der Waals surface area (Å²) in [6.07, 6.45) is 3.78. The predicted octanol–water partition coefficient (Wildman–Crippen LogP) is 2.09. The number of likely N-dealkylation sites (tertiary alicyclic amines) is 1. The molecule has 1 aliphatic rings. The number of nitrogens with two attached hydrogens (primary N) is 1. The van der Waals surface area contributed by atoms with E-state index in [1.54, 1.807) is 11.3 Å². The number of ether oxygens (including phenoxy) is 1. The second-order valence-corrected chi connectivity index (χ2v) is 6.90. The first-order valence-corrected chi connectivity index (χ1v) is 9.65. The Hall–Kier alpha value is -1.77. The van der Waals surface area contributed by atoms with Crippen LogP contribution in [0.25, 0.3) is 11.4 Å². The maximum Gasteiger partial charge on any atom is 0.227 e. The summed E-state index contributed by atoms with van der Waals surface area (Å²) in [4.78, 5) is 18.6. The molecule has 3 rings (SSSR count). The summed E-state index contributed by atoms with van der Waals surface area (Å²) in [6.45, 7) is 2.85. The number of nitrogens with zero attached hydrogens (tertiary/aromatic N) is 3. The van der Waals surface area contributed by atoms with Gasteiger partial charge in [0.2, 0.25) is 17.6 Å². The number of piperidine rings is 1. The van der Waals surface area contributed by atoms with Crippen molar-refractivity contribution in [1.82, 2.24) is 15.0 Å². The van der Waals surface area contributed by atoms with Gasteiger partial charge in [-0.3, -0.25) is 4.79 Å². The van der Waals surface area contributed by atoms with Crippen LogP contribution in [0.2, 0.25) is 0 Å². The maximum atomic E-state index is 12.4. The third-order valence-electron chi connectivity index (χ3n) is 4.30. The van der Waals surface area contributed by atoms with Gasteiger partial charge in [-0.05, 0) is 37.3 Å². The first-order chi connectivity index (χ1) is 12.3. The zero-order valence-electron chi connectivity index (χ0n) is 14.2. The molecule has 2 aromatic rings. The summed E-state index contributed by atoms with van der Waals surface area (Å²) in [7, 11) is 0. The Labute approximate surface area is 151 Å². The highest BCUT2D eigenvalue weighted by Crippen LogP contribution is 2.19. The van der Waals surface area contributed by atoms with Gasteiger partial charge in [0.1, 0.15) is 0 Å². The molecule has 2 aromatic heterocycles. The Morgan fingerprint density at radius 1 is 1.44 bits per heavy atom. The van der Waals surface area contributed by atoms with Gasteiger partial charge in [0, 0.05) is 43.5 Å². The van der Waals surface area contributed by atoms with Crippen molar-refractivity contribution in [3.8, 4) is 11.4 Å². The van der Waals surface area contributed by atoms with Gasteiger partial charge in [0.25, 0.3) is 0 Å². The van der Waals surface area contributed by atoms with E-state index in [2.05, 4.69) is 10.1 Å². The Bertz CT molecular complexity index is 651. The highest BCUT2D eigenvalue weighted by molar-refractivity contribution is 7.08. The molecule has 0 spiro atoms. The van der Waals surface area contributed by atoms with Crippen LogP contribution in [-0.4, -0.2) is 53.3 Å². The van der Waals surface area contributed by atoms with Crippen LogP contribution in [0.4, 0.5) is 0 Å². The zero-order valence-corrected chi connectivity index (χ0v) is 15.0. The second-order valence-electron chi connectivity index (χ2n) is 6.12. The standard InChI is InChI=1S/C17H24N4O3S/c18-7-1-10-23-14-4-8-21(9-5-14)16(22)3-2-15-19-17(20-24-15)13-6-11-25-12-13/h6,11-12,14H,1-5,7-10,18H2. The van der Waals surface area contributed by atoms with E-state index in [-0.39, 0.29) is 12.0 Å². The number of aromatic nitrogens is 2. The van der Waals surface area contributed by atoms with Gasteiger partial charge in [0.15, 0.2) is 0 Å². The van der Waals surface area contributed by atoms with Gasteiger partial charge in [-0.25, -0.2) is 0 Å². The minimum absolute atomic E-state index is 0.135. The predicted molar refractivity (Wildman–Crippen MR) is 95.2 cm³/mol. The van der Waals surface area contributed by atoms with Crippen molar-refractivity contribution in [3.63, 3.8) is 0 Å². The summed E-state index contributed by atoms with van der Waals surface area (Å²) in [5.41, 5.74) is 6.41. The SMILES string of the molecule is NCCCOC1CCN(C(=O)CCc2nc(-c3ccsc3)no2)CC1. The van der Waals surface area contributed by atoms with Crippen LogP contribution in [0.15, 0.2) is 21.3 Å². The fourth-order valence-corrected chi connectivity index (χ4v) is 3.48. The molecule has 136 valence electrons. The van der Waals surface area contributed by atoms with Gasteiger partial charge in [0.05, 0.1) is 6.10 Å². The van der Waals surface area contributed by atoms with Crippen LogP contribution < -0.4 is 5.73 Å². The molecule has 7 nitrogen and oxygen atoms in total. The monoisotopic (exact) mass is 364 g/mol. The lowest BCUT2D eigenvalue weighted by Crippen LogP contribution is -2.41. The highest BCUT2D eigenvalue weighted by atomic mass is 32.1. The van der Waals surface area contributed by atoms with Crippen molar-refractivity contribution < 1.29 is 14.1 Å². The van der Waals surface area contributed by atoms with Crippen LogP contribution in [0.5, 0.6) is 0 Å². The Morgan fingerprint density at radius 3 is 3.00 bits per heavy atom. The molecule has 2 N–H and O–H groups in total. The van der Waals surface area contributed by atoms with Gasteiger partial charge < -0.3 is 19.9 Å². The van der Waals surface area contributed by atoms with Crippen molar-refractivity contribution in [2.45, 2.75) is 38.2 Å². The minimum Gasteiger partial charge on any atom is -0.378 e. The maximum absolute atomic E-state index is 12.4. The number of carbonyl (C=O) groups is 1. The Balaban J connectivity index is 1.40. The van der Waals surface area contributed by atoms with Crippen molar-refractivity contribution in [3.05, 3.63) is 22.7 Å². The molecule has 8 heteroatoms. The van der Waals surface area contributed by atoms with Gasteiger partial charge in [-0.2, -0.15) is 16.3 Å². The summed E-state index contributed by atoms with van der Waals surface area (Å²) < 4.78 is 11.0. The topological polar surface area (TPSA) is 94.5 Å². The number of carbonyl (C=O) groups excluding carboxylic acids is 1. The molecule has 0 bridgehead atoms. The average molecular weight is 364 g/mol. The van der Waals surface area contributed by atoms with E-state index in [0.717, 1.165) is 37.9 Å². The van der Waals surface area contributed by atoms with Crippen LogP contribution in [0.1, 0.15) is 31.6 Å². The fraction of sp³-hybridized carbons (Fsp3) is 0.588. The fourth-order valence-electron chi connectivity index (χ4n) is 2.84. The quantitative estimate of drug-likeness (QED) is 0.721. The zero-order chi connectivity index (χ0) is 17.5. The first kappa shape index (κ1) is 18.0. The summed E-state index contributed by atoms with van der Waals surface area (Å²) in [6, 6.07) is 1.95. The third kappa shape index (κ3) is 5.10. The van der Waals surface area contributed by atoms with E-state index in [4.69, 9.17) is 15.0 Å². The molecule has 0 aromatic carbocycles. The molecule has 3 heterocycles. The largest absolute Gasteiger partial charge is 0.378 e. The van der Waals surface area contributed by atoms with Crippen LogP contribution >= 0.6 is 11.3 Å². The molecular formula is C17H24N4O3S. The second kappa shape index (κ2) is 9.07. The van der Waals surface area contributed by atoms with Gasteiger partial charge in [-0.15, -0.1) is 0 Å². The summed E-state index contributed by atoms with van der Waals surface area (Å²) in [5.74, 6) is 1.23. The highest BCUT2D eigenvalue weighted by Gasteiger charge is 2.23. The molecule has 1 aliphatic heterocycles. The van der Waals surface area contributed by atoms with E-state index in [1.165, 1.54) is 0 Å². The van der Waals surface area contributed by atoms with E-state index in [1.807, 2.05) is 21.7 Å². The molecule has 0 radical (unpaired) electrons.